The molecule has 3 atom stereocenters. The molecule has 3 nitrogen and oxygen atoms in total. The lowest BCUT2D eigenvalue weighted by Gasteiger charge is -2.17. The zero-order chi connectivity index (χ0) is 10.8. The molecule has 0 spiro atoms. The maximum Gasteiger partial charge on any atom is 0.0576 e. The normalized spacial score (nSPS) is 39.4. The molecule has 0 aromatic rings. The highest BCUT2D eigenvalue weighted by molar-refractivity contribution is 4.91. The summed E-state index contributed by atoms with van der Waals surface area (Å²) in [4.78, 5) is 2.67. The molecule has 92 valence electrons. The van der Waals surface area contributed by atoms with E-state index in [1.54, 1.807) is 0 Å². The van der Waals surface area contributed by atoms with E-state index in [1.165, 1.54) is 58.4 Å². The number of nitrogens with one attached hydrogen (secondary N) is 1. The second-order valence-electron chi connectivity index (χ2n) is 5.72. The molecule has 0 saturated carbocycles. The van der Waals surface area contributed by atoms with E-state index in [0.29, 0.717) is 6.10 Å². The fourth-order valence-corrected chi connectivity index (χ4v) is 3.55. The van der Waals surface area contributed by atoms with Crippen LogP contribution >= 0.6 is 0 Å². The topological polar surface area (TPSA) is 24.5 Å². The number of nitrogens with zero attached hydrogens (tertiary/aromatic N) is 1. The summed E-state index contributed by atoms with van der Waals surface area (Å²) in [6, 6.07) is 0. The zero-order valence-corrected chi connectivity index (χ0v) is 10.2. The van der Waals surface area contributed by atoms with Gasteiger partial charge in [0, 0.05) is 19.7 Å². The van der Waals surface area contributed by atoms with Gasteiger partial charge in [0.05, 0.1) is 6.10 Å². The van der Waals surface area contributed by atoms with Crippen LogP contribution < -0.4 is 5.32 Å². The van der Waals surface area contributed by atoms with Crippen molar-refractivity contribution in [2.45, 2.75) is 31.8 Å². The molecule has 3 heterocycles. The van der Waals surface area contributed by atoms with Gasteiger partial charge >= 0.3 is 0 Å². The van der Waals surface area contributed by atoms with Crippen LogP contribution in [-0.4, -0.2) is 50.3 Å². The van der Waals surface area contributed by atoms with Crippen LogP contribution in [0.1, 0.15) is 25.7 Å². The number of ether oxygens (including phenoxy) is 1. The fourth-order valence-electron chi connectivity index (χ4n) is 3.55. The summed E-state index contributed by atoms with van der Waals surface area (Å²) in [5.41, 5.74) is 0. The van der Waals surface area contributed by atoms with Crippen LogP contribution in [0.5, 0.6) is 0 Å². The lowest BCUT2D eigenvalue weighted by Crippen LogP contribution is -2.27. The van der Waals surface area contributed by atoms with Gasteiger partial charge in [-0.3, -0.25) is 0 Å². The maximum atomic E-state index is 5.66. The number of hydrogen-bond donors (Lipinski definition) is 1. The Bertz CT molecular complexity index is 216. The van der Waals surface area contributed by atoms with E-state index >= 15 is 0 Å². The number of fused-ring (bicyclic) bond motifs is 1. The molecule has 0 bridgehead atoms. The van der Waals surface area contributed by atoms with Crippen molar-refractivity contribution >= 4 is 0 Å². The highest BCUT2D eigenvalue weighted by Gasteiger charge is 2.35. The molecule has 0 aromatic heterocycles. The second kappa shape index (κ2) is 5.03. The minimum Gasteiger partial charge on any atom is -0.378 e. The van der Waals surface area contributed by atoms with Gasteiger partial charge in [-0.2, -0.15) is 0 Å². The van der Waals surface area contributed by atoms with Crippen LogP contribution in [0.4, 0.5) is 0 Å². The largest absolute Gasteiger partial charge is 0.378 e. The third kappa shape index (κ3) is 2.41. The Labute approximate surface area is 98.5 Å². The maximum absolute atomic E-state index is 5.66. The summed E-state index contributed by atoms with van der Waals surface area (Å²) in [7, 11) is 0. The minimum absolute atomic E-state index is 0.587. The van der Waals surface area contributed by atoms with Gasteiger partial charge in [-0.15, -0.1) is 0 Å². The van der Waals surface area contributed by atoms with Gasteiger partial charge in [-0.1, -0.05) is 0 Å². The van der Waals surface area contributed by atoms with Crippen molar-refractivity contribution in [3.63, 3.8) is 0 Å². The van der Waals surface area contributed by atoms with E-state index in [0.717, 1.165) is 18.4 Å². The number of hydrogen-bond acceptors (Lipinski definition) is 3. The first-order valence-corrected chi connectivity index (χ1v) is 6.96. The number of likely N-dealkylation sites (tertiary alicyclic amines) is 1. The predicted octanol–water partition coefficient (Wildman–Crippen LogP) is 1.10. The van der Waals surface area contributed by atoms with Crippen LogP contribution in [0.2, 0.25) is 0 Å². The third-order valence-electron chi connectivity index (χ3n) is 4.49. The van der Waals surface area contributed by atoms with Crippen LogP contribution in [-0.2, 0) is 4.74 Å². The van der Waals surface area contributed by atoms with Gasteiger partial charge in [0.15, 0.2) is 0 Å². The van der Waals surface area contributed by atoms with Crippen LogP contribution in [0.15, 0.2) is 0 Å². The van der Waals surface area contributed by atoms with Gasteiger partial charge in [0.2, 0.25) is 0 Å². The fraction of sp³-hybridized carbons (Fsp3) is 1.00. The minimum atomic E-state index is 0.587. The number of rotatable bonds is 4. The van der Waals surface area contributed by atoms with Crippen molar-refractivity contribution in [2.24, 2.45) is 11.8 Å². The van der Waals surface area contributed by atoms with Crippen molar-refractivity contribution in [1.82, 2.24) is 10.2 Å². The standard InChI is InChI=1S/C13H24N2O/c1(3-13-4-2-6-16-13)5-15-9-11-7-14-8-12(11)10-15/h11-14H,1-10H2. The summed E-state index contributed by atoms with van der Waals surface area (Å²) >= 11 is 0. The zero-order valence-electron chi connectivity index (χ0n) is 10.2. The molecule has 3 unspecified atom stereocenters. The quantitative estimate of drug-likeness (QED) is 0.774. The first-order chi connectivity index (χ1) is 7.92. The van der Waals surface area contributed by atoms with Gasteiger partial charge in [-0.25, -0.2) is 0 Å². The molecule has 0 aromatic carbocycles. The Balaban J connectivity index is 1.33. The lowest BCUT2D eigenvalue weighted by atomic mass is 10.0. The van der Waals surface area contributed by atoms with Crippen LogP contribution in [0.25, 0.3) is 0 Å². The molecular formula is C13H24N2O. The van der Waals surface area contributed by atoms with E-state index < -0.39 is 0 Å². The Morgan fingerprint density at radius 1 is 1.19 bits per heavy atom. The summed E-state index contributed by atoms with van der Waals surface area (Å²) < 4.78 is 5.66. The first-order valence-electron chi connectivity index (χ1n) is 6.96. The molecule has 3 aliphatic rings. The Hall–Kier alpha value is -0.120. The van der Waals surface area contributed by atoms with E-state index in [1.807, 2.05) is 0 Å². The van der Waals surface area contributed by atoms with Gasteiger partial charge in [-0.05, 0) is 57.2 Å². The van der Waals surface area contributed by atoms with Crippen molar-refractivity contribution in [1.29, 1.82) is 0 Å². The summed E-state index contributed by atoms with van der Waals surface area (Å²) in [6.45, 7) is 7.49. The van der Waals surface area contributed by atoms with Crippen LogP contribution in [0.3, 0.4) is 0 Å². The summed E-state index contributed by atoms with van der Waals surface area (Å²) in [5, 5.41) is 3.50. The summed E-state index contributed by atoms with van der Waals surface area (Å²) in [5.74, 6) is 1.89. The van der Waals surface area contributed by atoms with Crippen molar-refractivity contribution < 1.29 is 4.74 Å². The highest BCUT2D eigenvalue weighted by Crippen LogP contribution is 2.26. The summed E-state index contributed by atoms with van der Waals surface area (Å²) in [6.07, 6.45) is 5.78. The van der Waals surface area contributed by atoms with Gasteiger partial charge < -0.3 is 15.0 Å². The second-order valence-corrected chi connectivity index (χ2v) is 5.72. The monoisotopic (exact) mass is 224 g/mol. The molecule has 0 aliphatic carbocycles. The molecule has 1 N–H and O–H groups in total. The smallest absolute Gasteiger partial charge is 0.0576 e. The SMILES string of the molecule is C1COC(CCCN2CC3CNCC3C2)C1. The van der Waals surface area contributed by atoms with E-state index in [2.05, 4.69) is 10.2 Å². The average molecular weight is 224 g/mol. The van der Waals surface area contributed by atoms with Crippen molar-refractivity contribution in [3.05, 3.63) is 0 Å². The van der Waals surface area contributed by atoms with E-state index in [4.69, 9.17) is 4.74 Å². The van der Waals surface area contributed by atoms with Gasteiger partial charge in [0.1, 0.15) is 0 Å². The van der Waals surface area contributed by atoms with Crippen LogP contribution in [0, 0.1) is 11.8 Å². The Kier molecular flexibility index (Phi) is 3.46. The molecule has 0 radical (unpaired) electrons. The third-order valence-corrected chi connectivity index (χ3v) is 4.49. The van der Waals surface area contributed by atoms with Crippen molar-refractivity contribution in [3.8, 4) is 0 Å². The van der Waals surface area contributed by atoms with E-state index in [-0.39, 0.29) is 0 Å². The Morgan fingerprint density at radius 2 is 2.00 bits per heavy atom. The Morgan fingerprint density at radius 3 is 2.69 bits per heavy atom. The molecule has 3 rings (SSSR count). The molecule has 16 heavy (non-hydrogen) atoms. The molecule has 3 heteroatoms. The molecule has 3 aliphatic heterocycles. The molecule has 0 amide bonds. The first kappa shape index (κ1) is 11.0. The lowest BCUT2D eigenvalue weighted by molar-refractivity contribution is 0.0994. The van der Waals surface area contributed by atoms with E-state index in [9.17, 15) is 0 Å². The van der Waals surface area contributed by atoms with Crippen molar-refractivity contribution in [2.75, 3.05) is 39.3 Å². The van der Waals surface area contributed by atoms with Gasteiger partial charge in [0.25, 0.3) is 0 Å². The molecule has 3 fully saturated rings. The average Bonchev–Trinajstić information content (AvgIpc) is 2.91. The molecular weight excluding hydrogens is 200 g/mol. The molecule has 3 saturated heterocycles. The predicted molar refractivity (Wildman–Crippen MR) is 64.5 cm³/mol. The highest BCUT2D eigenvalue weighted by atomic mass is 16.5.